The van der Waals surface area contributed by atoms with Gasteiger partial charge in [0.25, 0.3) is 0 Å². The molecule has 0 fully saturated rings. The second-order valence-electron chi connectivity index (χ2n) is 5.05. The Bertz CT molecular complexity index is 646. The molecule has 0 aliphatic heterocycles. The molecule has 0 aromatic heterocycles. The average molecular weight is 302 g/mol. The minimum Gasteiger partial charge on any atom is -0.497 e. The molecule has 2 aromatic carbocycles. The third kappa shape index (κ3) is 4.56. The van der Waals surface area contributed by atoms with E-state index in [1.54, 1.807) is 19.2 Å². The number of rotatable bonds is 6. The van der Waals surface area contributed by atoms with Crippen molar-refractivity contribution < 1.29 is 13.9 Å². The molecule has 116 valence electrons. The van der Waals surface area contributed by atoms with E-state index in [1.165, 1.54) is 12.1 Å². The predicted octanol–water partition coefficient (Wildman–Crippen LogP) is 2.90. The molecule has 5 heteroatoms. The number of ether oxygens (including phenoxy) is 1. The summed E-state index contributed by atoms with van der Waals surface area (Å²) in [5.41, 5.74) is 1.24. The smallest absolute Gasteiger partial charge is 0.238 e. The number of anilines is 1. The number of nitrogens with one attached hydrogen (secondary N) is 1. The maximum absolute atomic E-state index is 13.5. The van der Waals surface area contributed by atoms with Crippen molar-refractivity contribution in [2.45, 2.75) is 6.54 Å². The third-order valence-electron chi connectivity index (χ3n) is 3.15. The number of methoxy groups -OCH3 is 1. The van der Waals surface area contributed by atoms with Crippen LogP contribution < -0.4 is 10.1 Å². The first-order valence-electron chi connectivity index (χ1n) is 6.94. The van der Waals surface area contributed by atoms with Gasteiger partial charge >= 0.3 is 0 Å². The lowest BCUT2D eigenvalue weighted by Crippen LogP contribution is -2.30. The highest BCUT2D eigenvalue weighted by Crippen LogP contribution is 2.14. The van der Waals surface area contributed by atoms with Crippen LogP contribution in [0.1, 0.15) is 5.56 Å². The van der Waals surface area contributed by atoms with Gasteiger partial charge in [-0.2, -0.15) is 0 Å². The van der Waals surface area contributed by atoms with Crippen molar-refractivity contribution in [3.05, 3.63) is 59.9 Å². The van der Waals surface area contributed by atoms with Crippen LogP contribution in [-0.2, 0) is 11.3 Å². The normalized spacial score (nSPS) is 10.5. The van der Waals surface area contributed by atoms with Crippen LogP contribution in [0.2, 0.25) is 0 Å². The Morgan fingerprint density at radius 1 is 1.23 bits per heavy atom. The van der Waals surface area contributed by atoms with Gasteiger partial charge in [0, 0.05) is 6.54 Å². The Morgan fingerprint density at radius 2 is 2.00 bits per heavy atom. The Kier molecular flexibility index (Phi) is 5.49. The van der Waals surface area contributed by atoms with Crippen molar-refractivity contribution in [1.29, 1.82) is 0 Å². The van der Waals surface area contributed by atoms with E-state index in [0.29, 0.717) is 6.54 Å². The summed E-state index contributed by atoms with van der Waals surface area (Å²) in [5, 5.41) is 2.57. The molecule has 0 atom stereocenters. The zero-order chi connectivity index (χ0) is 15.9. The van der Waals surface area contributed by atoms with Gasteiger partial charge < -0.3 is 10.1 Å². The van der Waals surface area contributed by atoms with Gasteiger partial charge in [-0.05, 0) is 36.9 Å². The Labute approximate surface area is 129 Å². The van der Waals surface area contributed by atoms with Crippen LogP contribution in [0.4, 0.5) is 10.1 Å². The van der Waals surface area contributed by atoms with Crippen molar-refractivity contribution in [3.8, 4) is 5.75 Å². The second-order valence-corrected chi connectivity index (χ2v) is 5.05. The first-order valence-corrected chi connectivity index (χ1v) is 6.94. The number of halogens is 1. The number of nitrogens with zero attached hydrogens (tertiary/aromatic N) is 1. The van der Waals surface area contributed by atoms with E-state index in [1.807, 2.05) is 36.2 Å². The molecule has 0 saturated heterocycles. The van der Waals surface area contributed by atoms with Crippen molar-refractivity contribution in [3.63, 3.8) is 0 Å². The first-order chi connectivity index (χ1) is 10.6. The van der Waals surface area contributed by atoms with Crippen LogP contribution in [0.3, 0.4) is 0 Å². The standard InChI is InChI=1S/C17H19FN2O2/c1-20(11-13-6-5-7-14(10-13)22-2)12-17(21)19-16-9-4-3-8-15(16)18/h3-10H,11-12H2,1-2H3,(H,19,21). The molecule has 0 heterocycles. The molecule has 0 saturated carbocycles. The number of carbonyl (C=O) groups is 1. The monoisotopic (exact) mass is 302 g/mol. The van der Waals surface area contributed by atoms with Gasteiger partial charge in [-0.15, -0.1) is 0 Å². The highest BCUT2D eigenvalue weighted by atomic mass is 19.1. The largest absolute Gasteiger partial charge is 0.497 e. The number of amides is 1. The zero-order valence-corrected chi connectivity index (χ0v) is 12.7. The van der Waals surface area contributed by atoms with Gasteiger partial charge in [-0.25, -0.2) is 4.39 Å². The van der Waals surface area contributed by atoms with E-state index in [0.717, 1.165) is 11.3 Å². The summed E-state index contributed by atoms with van der Waals surface area (Å²) in [4.78, 5) is 13.8. The van der Waals surface area contributed by atoms with Crippen LogP contribution >= 0.6 is 0 Å². The highest BCUT2D eigenvalue weighted by Gasteiger charge is 2.10. The molecule has 2 rings (SSSR count). The average Bonchev–Trinajstić information content (AvgIpc) is 2.49. The Hall–Kier alpha value is -2.40. The van der Waals surface area contributed by atoms with E-state index in [-0.39, 0.29) is 18.1 Å². The molecule has 4 nitrogen and oxygen atoms in total. The summed E-state index contributed by atoms with van der Waals surface area (Å²) in [7, 11) is 3.45. The van der Waals surface area contributed by atoms with E-state index >= 15 is 0 Å². The number of hydrogen-bond acceptors (Lipinski definition) is 3. The number of hydrogen-bond donors (Lipinski definition) is 1. The quantitative estimate of drug-likeness (QED) is 0.892. The van der Waals surface area contributed by atoms with Crippen LogP contribution in [0, 0.1) is 5.82 Å². The lowest BCUT2D eigenvalue weighted by atomic mass is 10.2. The van der Waals surface area contributed by atoms with Crippen LogP contribution in [-0.4, -0.2) is 31.5 Å². The maximum atomic E-state index is 13.5. The van der Waals surface area contributed by atoms with E-state index < -0.39 is 5.82 Å². The molecule has 1 N–H and O–H groups in total. The van der Waals surface area contributed by atoms with Gasteiger partial charge in [0.1, 0.15) is 11.6 Å². The van der Waals surface area contributed by atoms with Crippen LogP contribution in [0.5, 0.6) is 5.75 Å². The van der Waals surface area contributed by atoms with Crippen molar-refractivity contribution in [1.82, 2.24) is 4.90 Å². The molecule has 0 bridgehead atoms. The molecule has 0 spiro atoms. The number of likely N-dealkylation sites (N-methyl/N-ethyl adjacent to an activating group) is 1. The first kappa shape index (κ1) is 16.0. The van der Waals surface area contributed by atoms with E-state index in [4.69, 9.17) is 4.74 Å². The van der Waals surface area contributed by atoms with Crippen molar-refractivity contribution in [2.75, 3.05) is 26.0 Å². The van der Waals surface area contributed by atoms with Gasteiger partial charge in [0.05, 0.1) is 19.3 Å². The fourth-order valence-electron chi connectivity index (χ4n) is 2.14. The SMILES string of the molecule is COc1cccc(CN(C)CC(=O)Nc2ccccc2F)c1. The predicted molar refractivity (Wildman–Crippen MR) is 84.4 cm³/mol. The summed E-state index contributed by atoms with van der Waals surface area (Å²) in [5.74, 6) is 0.0866. The summed E-state index contributed by atoms with van der Waals surface area (Å²) in [6.45, 7) is 0.771. The minimum absolute atomic E-state index is 0.172. The fourth-order valence-corrected chi connectivity index (χ4v) is 2.14. The lowest BCUT2D eigenvalue weighted by molar-refractivity contribution is -0.117. The fraction of sp³-hybridized carbons (Fsp3) is 0.235. The third-order valence-corrected chi connectivity index (χ3v) is 3.15. The van der Waals surface area contributed by atoms with Gasteiger partial charge in [-0.3, -0.25) is 9.69 Å². The summed E-state index contributed by atoms with van der Waals surface area (Å²) >= 11 is 0. The molecule has 22 heavy (non-hydrogen) atoms. The number of benzene rings is 2. The molecule has 1 amide bonds. The highest BCUT2D eigenvalue weighted by molar-refractivity contribution is 5.92. The zero-order valence-electron chi connectivity index (χ0n) is 12.7. The maximum Gasteiger partial charge on any atom is 0.238 e. The van der Waals surface area contributed by atoms with Gasteiger partial charge in [0.15, 0.2) is 0 Å². The topological polar surface area (TPSA) is 41.6 Å². The number of carbonyl (C=O) groups excluding carboxylic acids is 1. The lowest BCUT2D eigenvalue weighted by Gasteiger charge is -2.17. The summed E-state index contributed by atoms with van der Waals surface area (Å²) < 4.78 is 18.6. The summed E-state index contributed by atoms with van der Waals surface area (Å²) in [6, 6.07) is 13.8. The van der Waals surface area contributed by atoms with Crippen LogP contribution in [0.15, 0.2) is 48.5 Å². The van der Waals surface area contributed by atoms with Crippen molar-refractivity contribution >= 4 is 11.6 Å². The molecule has 0 unspecified atom stereocenters. The molecular formula is C17H19FN2O2. The van der Waals surface area contributed by atoms with E-state index in [2.05, 4.69) is 5.32 Å². The Morgan fingerprint density at radius 3 is 2.73 bits per heavy atom. The molecule has 0 aliphatic carbocycles. The van der Waals surface area contributed by atoms with Gasteiger partial charge in [-0.1, -0.05) is 24.3 Å². The van der Waals surface area contributed by atoms with E-state index in [9.17, 15) is 9.18 Å². The number of para-hydroxylation sites is 1. The molecular weight excluding hydrogens is 283 g/mol. The summed E-state index contributed by atoms with van der Waals surface area (Å²) in [6.07, 6.45) is 0. The molecule has 2 aromatic rings. The molecule has 0 radical (unpaired) electrons. The van der Waals surface area contributed by atoms with Crippen LogP contribution in [0.25, 0.3) is 0 Å². The van der Waals surface area contributed by atoms with Crippen molar-refractivity contribution in [2.24, 2.45) is 0 Å². The Balaban J connectivity index is 1.89. The minimum atomic E-state index is -0.439. The molecule has 0 aliphatic rings. The van der Waals surface area contributed by atoms with Gasteiger partial charge in [0.2, 0.25) is 5.91 Å². The second kappa shape index (κ2) is 7.56.